The molecule has 92 valence electrons. The molecule has 0 N–H and O–H groups in total. The van der Waals surface area contributed by atoms with Crippen LogP contribution >= 0.6 is 23.1 Å². The van der Waals surface area contributed by atoms with Crippen molar-refractivity contribution in [1.29, 1.82) is 0 Å². The topological polar surface area (TPSA) is 30.7 Å². The number of benzene rings is 1. The number of rotatable bonds is 3. The Labute approximate surface area is 114 Å². The van der Waals surface area contributed by atoms with Gasteiger partial charge in [-0.05, 0) is 32.0 Å². The second kappa shape index (κ2) is 4.74. The minimum absolute atomic E-state index is 0.819. The van der Waals surface area contributed by atoms with Crippen LogP contribution in [0.1, 0.15) is 11.4 Å². The van der Waals surface area contributed by atoms with Crippen LogP contribution in [0.4, 0.5) is 0 Å². The van der Waals surface area contributed by atoms with Gasteiger partial charge in [0.15, 0.2) is 4.34 Å². The first-order valence-corrected chi connectivity index (χ1v) is 7.52. The minimum Gasteiger partial charge on any atom is -0.259 e. The molecule has 0 spiro atoms. The first-order valence-electron chi connectivity index (χ1n) is 5.72. The molecule has 0 saturated heterocycles. The molecular weight excluding hydrogens is 262 g/mol. The number of hydrogen-bond acceptors (Lipinski definition) is 4. The van der Waals surface area contributed by atoms with Gasteiger partial charge < -0.3 is 0 Å². The van der Waals surface area contributed by atoms with Crippen LogP contribution in [-0.4, -0.2) is 14.8 Å². The molecule has 0 unspecified atom stereocenters. The number of aryl methyl sites for hydroxylation is 2. The lowest BCUT2D eigenvalue weighted by atomic mass is 10.3. The average Bonchev–Trinajstić information content (AvgIpc) is 2.89. The van der Waals surface area contributed by atoms with Gasteiger partial charge >= 0.3 is 0 Å². The van der Waals surface area contributed by atoms with Crippen molar-refractivity contribution < 1.29 is 0 Å². The van der Waals surface area contributed by atoms with Crippen LogP contribution in [0.25, 0.3) is 10.2 Å². The molecule has 5 heteroatoms. The standard InChI is InChI=1S/C13H13N3S2/c1-9-7-10(2)16(15-9)8-17-13-14-11-5-3-4-6-12(11)18-13/h3-7H,8H2,1-2H3. The number of thiazole rings is 1. The number of para-hydroxylation sites is 1. The summed E-state index contributed by atoms with van der Waals surface area (Å²) in [7, 11) is 0. The van der Waals surface area contributed by atoms with Gasteiger partial charge in [-0.2, -0.15) is 5.10 Å². The zero-order valence-corrected chi connectivity index (χ0v) is 11.9. The van der Waals surface area contributed by atoms with Crippen LogP contribution < -0.4 is 0 Å². The first-order chi connectivity index (χ1) is 8.72. The molecule has 2 heterocycles. The van der Waals surface area contributed by atoms with Gasteiger partial charge in [0.2, 0.25) is 0 Å². The summed E-state index contributed by atoms with van der Waals surface area (Å²) in [6, 6.07) is 10.3. The smallest absolute Gasteiger partial charge is 0.152 e. The van der Waals surface area contributed by atoms with Crippen LogP contribution in [0.5, 0.6) is 0 Å². The van der Waals surface area contributed by atoms with E-state index in [1.807, 2.05) is 17.7 Å². The number of fused-ring (bicyclic) bond motifs is 1. The van der Waals surface area contributed by atoms with Gasteiger partial charge in [-0.25, -0.2) is 4.98 Å². The molecular formula is C13H13N3S2. The minimum atomic E-state index is 0.819. The zero-order chi connectivity index (χ0) is 12.5. The van der Waals surface area contributed by atoms with Gasteiger partial charge in [-0.1, -0.05) is 23.9 Å². The van der Waals surface area contributed by atoms with Crippen molar-refractivity contribution in [2.75, 3.05) is 0 Å². The molecule has 2 aromatic heterocycles. The third-order valence-electron chi connectivity index (χ3n) is 2.69. The monoisotopic (exact) mass is 275 g/mol. The van der Waals surface area contributed by atoms with E-state index in [0.717, 1.165) is 21.4 Å². The molecule has 1 aromatic carbocycles. The van der Waals surface area contributed by atoms with E-state index >= 15 is 0 Å². The molecule has 0 fully saturated rings. The number of hydrogen-bond donors (Lipinski definition) is 0. The lowest BCUT2D eigenvalue weighted by Gasteiger charge is -2.00. The van der Waals surface area contributed by atoms with Crippen LogP contribution in [0, 0.1) is 13.8 Å². The Morgan fingerprint density at radius 2 is 2.11 bits per heavy atom. The number of aromatic nitrogens is 3. The Morgan fingerprint density at radius 3 is 2.83 bits per heavy atom. The predicted molar refractivity (Wildman–Crippen MR) is 77.2 cm³/mol. The van der Waals surface area contributed by atoms with Crippen molar-refractivity contribution in [2.45, 2.75) is 24.1 Å². The summed E-state index contributed by atoms with van der Waals surface area (Å²) < 4.78 is 4.36. The highest BCUT2D eigenvalue weighted by molar-refractivity contribution is 8.00. The Morgan fingerprint density at radius 1 is 1.28 bits per heavy atom. The summed E-state index contributed by atoms with van der Waals surface area (Å²) >= 11 is 3.47. The average molecular weight is 275 g/mol. The van der Waals surface area contributed by atoms with Crippen LogP contribution in [0.15, 0.2) is 34.7 Å². The van der Waals surface area contributed by atoms with E-state index in [4.69, 9.17) is 0 Å². The molecule has 0 atom stereocenters. The second-order valence-electron chi connectivity index (χ2n) is 4.15. The van der Waals surface area contributed by atoms with Crippen molar-refractivity contribution in [1.82, 2.24) is 14.8 Å². The Balaban J connectivity index is 1.78. The Hall–Kier alpha value is -1.33. The molecule has 0 aliphatic rings. The molecule has 0 amide bonds. The third-order valence-corrected chi connectivity index (χ3v) is 4.83. The predicted octanol–water partition coefficient (Wildman–Crippen LogP) is 3.86. The van der Waals surface area contributed by atoms with Crippen molar-refractivity contribution in [3.63, 3.8) is 0 Å². The molecule has 0 saturated carbocycles. The summed E-state index contributed by atoms with van der Waals surface area (Å²) in [5.41, 5.74) is 3.34. The fraction of sp³-hybridized carbons (Fsp3) is 0.231. The normalized spacial score (nSPS) is 11.2. The van der Waals surface area contributed by atoms with E-state index in [9.17, 15) is 0 Å². The van der Waals surface area contributed by atoms with Gasteiger partial charge in [-0.3, -0.25) is 4.68 Å². The van der Waals surface area contributed by atoms with Gasteiger partial charge in [0.25, 0.3) is 0 Å². The molecule has 3 aromatic rings. The molecule has 18 heavy (non-hydrogen) atoms. The molecule has 3 nitrogen and oxygen atoms in total. The summed E-state index contributed by atoms with van der Waals surface area (Å²) in [5, 5.41) is 4.45. The number of nitrogens with zero attached hydrogens (tertiary/aromatic N) is 3. The maximum Gasteiger partial charge on any atom is 0.152 e. The van der Waals surface area contributed by atoms with Gasteiger partial charge in [0.1, 0.15) is 0 Å². The van der Waals surface area contributed by atoms with E-state index in [0.29, 0.717) is 0 Å². The van der Waals surface area contributed by atoms with Gasteiger partial charge in [-0.15, -0.1) is 11.3 Å². The summed E-state index contributed by atoms with van der Waals surface area (Å²) in [4.78, 5) is 4.60. The maximum atomic E-state index is 4.60. The molecule has 0 aliphatic heterocycles. The van der Waals surface area contributed by atoms with E-state index in [2.05, 4.69) is 41.3 Å². The quantitative estimate of drug-likeness (QED) is 0.680. The highest BCUT2D eigenvalue weighted by Gasteiger charge is 2.06. The van der Waals surface area contributed by atoms with Crippen LogP contribution in [0.2, 0.25) is 0 Å². The third kappa shape index (κ3) is 2.28. The fourth-order valence-corrected chi connectivity index (χ4v) is 3.85. The summed E-state index contributed by atoms with van der Waals surface area (Å²) in [6.45, 7) is 4.10. The lowest BCUT2D eigenvalue weighted by molar-refractivity contribution is 0.716. The zero-order valence-electron chi connectivity index (χ0n) is 10.3. The SMILES string of the molecule is Cc1cc(C)n(CSc2nc3ccccc3s2)n1. The molecule has 3 rings (SSSR count). The highest BCUT2D eigenvalue weighted by Crippen LogP contribution is 2.30. The van der Waals surface area contributed by atoms with Crippen molar-refractivity contribution >= 4 is 33.3 Å². The molecule has 0 radical (unpaired) electrons. The van der Waals surface area contributed by atoms with E-state index in [-0.39, 0.29) is 0 Å². The van der Waals surface area contributed by atoms with E-state index in [1.165, 1.54) is 10.4 Å². The van der Waals surface area contributed by atoms with Crippen molar-refractivity contribution in [2.24, 2.45) is 0 Å². The first kappa shape index (κ1) is 11.7. The summed E-state index contributed by atoms with van der Waals surface area (Å²) in [5.74, 6) is 0.819. The maximum absolute atomic E-state index is 4.60. The molecule has 0 aliphatic carbocycles. The Kier molecular flexibility index (Phi) is 3.09. The fourth-order valence-electron chi connectivity index (χ4n) is 1.83. The van der Waals surface area contributed by atoms with Crippen LogP contribution in [0.3, 0.4) is 0 Å². The summed E-state index contributed by atoms with van der Waals surface area (Å²) in [6.07, 6.45) is 0. The highest BCUT2D eigenvalue weighted by atomic mass is 32.2. The lowest BCUT2D eigenvalue weighted by Crippen LogP contribution is -1.98. The van der Waals surface area contributed by atoms with Crippen LogP contribution in [-0.2, 0) is 5.88 Å². The largest absolute Gasteiger partial charge is 0.259 e. The van der Waals surface area contributed by atoms with Gasteiger partial charge in [0.05, 0.1) is 21.8 Å². The van der Waals surface area contributed by atoms with E-state index in [1.54, 1.807) is 23.1 Å². The van der Waals surface area contributed by atoms with Crippen molar-refractivity contribution in [3.05, 3.63) is 41.7 Å². The Bertz CT molecular complexity index is 651. The number of thioether (sulfide) groups is 1. The van der Waals surface area contributed by atoms with Crippen molar-refractivity contribution in [3.8, 4) is 0 Å². The van der Waals surface area contributed by atoms with E-state index < -0.39 is 0 Å². The van der Waals surface area contributed by atoms with Gasteiger partial charge in [0, 0.05) is 5.69 Å². The second-order valence-corrected chi connectivity index (χ2v) is 6.37. The molecule has 0 bridgehead atoms.